The second-order valence-electron chi connectivity index (χ2n) is 9.17. The number of alkyl halides is 3. The van der Waals surface area contributed by atoms with Gasteiger partial charge in [-0.15, -0.1) is 0 Å². The minimum absolute atomic E-state index is 0.114. The smallest absolute Gasteiger partial charge is 0.383 e. The molecule has 2 heterocycles. The Morgan fingerprint density at radius 1 is 1.00 bits per heavy atom. The molecular weight excluding hydrogens is 417 g/mol. The van der Waals surface area contributed by atoms with Crippen LogP contribution in [0.5, 0.6) is 0 Å². The van der Waals surface area contributed by atoms with Crippen molar-refractivity contribution < 1.29 is 13.2 Å². The van der Waals surface area contributed by atoms with Crippen molar-refractivity contribution in [1.29, 1.82) is 0 Å². The van der Waals surface area contributed by atoms with Crippen LogP contribution in [-0.2, 0) is 6.18 Å². The zero-order valence-electron chi connectivity index (χ0n) is 17.9. The van der Waals surface area contributed by atoms with Gasteiger partial charge in [-0.25, -0.2) is 9.97 Å². The van der Waals surface area contributed by atoms with Crippen molar-refractivity contribution in [1.82, 2.24) is 14.9 Å². The van der Waals surface area contributed by atoms with Gasteiger partial charge in [0, 0.05) is 44.3 Å². The molecule has 0 radical (unpaired) electrons. The van der Waals surface area contributed by atoms with Gasteiger partial charge in [0.1, 0.15) is 18.0 Å². The van der Waals surface area contributed by atoms with Gasteiger partial charge < -0.3 is 16.4 Å². The van der Waals surface area contributed by atoms with Crippen LogP contribution in [0, 0.1) is 11.8 Å². The number of fused-ring (bicyclic) bond motifs is 1. The molecule has 4 N–H and O–H groups in total. The molecule has 3 aliphatic rings. The van der Waals surface area contributed by atoms with Gasteiger partial charge >= 0.3 is 6.18 Å². The Morgan fingerprint density at radius 3 is 2.25 bits per heavy atom. The first-order chi connectivity index (χ1) is 15.4. The average Bonchev–Trinajstić information content (AvgIpc) is 3.23. The third-order valence-electron chi connectivity index (χ3n) is 7.53. The predicted octanol–water partition coefficient (Wildman–Crippen LogP) is 3.41. The van der Waals surface area contributed by atoms with Gasteiger partial charge in [0.25, 0.3) is 0 Å². The molecule has 3 fully saturated rings. The molecule has 9 heteroatoms. The van der Waals surface area contributed by atoms with E-state index in [1.807, 2.05) is 0 Å². The van der Waals surface area contributed by atoms with Crippen LogP contribution < -0.4 is 16.4 Å². The monoisotopic (exact) mass is 446 g/mol. The molecule has 2 aromatic rings. The summed E-state index contributed by atoms with van der Waals surface area (Å²) in [5.74, 6) is 3.49. The summed E-state index contributed by atoms with van der Waals surface area (Å²) < 4.78 is 38.7. The van der Waals surface area contributed by atoms with Crippen LogP contribution in [-0.4, -0.2) is 47.6 Å². The third kappa shape index (κ3) is 3.81. The molecular formula is C23H29F3N6. The van der Waals surface area contributed by atoms with E-state index in [1.54, 1.807) is 18.5 Å². The van der Waals surface area contributed by atoms with Crippen molar-refractivity contribution in [2.24, 2.45) is 17.6 Å². The molecule has 1 saturated heterocycles. The molecule has 0 amide bonds. The molecule has 1 aliphatic heterocycles. The molecule has 172 valence electrons. The van der Waals surface area contributed by atoms with E-state index in [-0.39, 0.29) is 6.04 Å². The lowest BCUT2D eigenvalue weighted by molar-refractivity contribution is -0.137. The van der Waals surface area contributed by atoms with Crippen molar-refractivity contribution in [2.45, 2.75) is 37.4 Å². The highest BCUT2D eigenvalue weighted by molar-refractivity contribution is 5.61. The fourth-order valence-corrected chi connectivity index (χ4v) is 5.86. The second-order valence-corrected chi connectivity index (χ2v) is 9.17. The van der Waals surface area contributed by atoms with Gasteiger partial charge in [-0.3, -0.25) is 4.90 Å². The average molecular weight is 447 g/mol. The van der Waals surface area contributed by atoms with E-state index < -0.39 is 11.7 Å². The quantitative estimate of drug-likeness (QED) is 0.732. The maximum absolute atomic E-state index is 12.9. The Hall–Kier alpha value is -2.39. The first kappa shape index (κ1) is 21.5. The number of nitrogens with two attached hydrogens (primary N) is 2. The van der Waals surface area contributed by atoms with Gasteiger partial charge in [-0.2, -0.15) is 13.2 Å². The summed E-state index contributed by atoms with van der Waals surface area (Å²) in [5.41, 5.74) is 13.6. The van der Waals surface area contributed by atoms with Crippen molar-refractivity contribution in [3.63, 3.8) is 0 Å². The van der Waals surface area contributed by atoms with Crippen LogP contribution in [0.1, 0.15) is 47.9 Å². The van der Waals surface area contributed by atoms with E-state index in [9.17, 15) is 13.2 Å². The highest BCUT2D eigenvalue weighted by Gasteiger charge is 2.55. The Balaban J connectivity index is 1.29. The van der Waals surface area contributed by atoms with Crippen LogP contribution >= 0.6 is 0 Å². The van der Waals surface area contributed by atoms with E-state index in [4.69, 9.17) is 11.5 Å². The minimum Gasteiger partial charge on any atom is -0.383 e. The fourth-order valence-electron chi connectivity index (χ4n) is 5.86. The number of rotatable bonds is 5. The van der Waals surface area contributed by atoms with Gasteiger partial charge in [0.15, 0.2) is 0 Å². The van der Waals surface area contributed by atoms with Crippen LogP contribution in [0.15, 0.2) is 30.6 Å². The number of hydrogen-bond donors (Lipinski definition) is 2. The van der Waals surface area contributed by atoms with Crippen LogP contribution in [0.4, 0.5) is 24.8 Å². The molecule has 5 rings (SSSR count). The summed E-state index contributed by atoms with van der Waals surface area (Å²) in [6.07, 6.45) is 1.05. The van der Waals surface area contributed by atoms with Gasteiger partial charge in [0.2, 0.25) is 0 Å². The lowest BCUT2D eigenvalue weighted by Crippen LogP contribution is -2.49. The summed E-state index contributed by atoms with van der Waals surface area (Å²) in [5, 5.41) is 0. The topological polar surface area (TPSA) is 84.3 Å². The van der Waals surface area contributed by atoms with E-state index in [0.29, 0.717) is 18.3 Å². The molecule has 1 aromatic carbocycles. The number of benzene rings is 1. The largest absolute Gasteiger partial charge is 0.416 e. The molecule has 0 bridgehead atoms. The highest BCUT2D eigenvalue weighted by Crippen LogP contribution is 2.65. The van der Waals surface area contributed by atoms with E-state index in [1.165, 1.54) is 19.3 Å². The Kier molecular flexibility index (Phi) is 5.49. The van der Waals surface area contributed by atoms with E-state index in [0.717, 1.165) is 67.1 Å². The summed E-state index contributed by atoms with van der Waals surface area (Å²) in [4.78, 5) is 13.4. The Morgan fingerprint density at radius 2 is 1.66 bits per heavy atom. The molecule has 3 unspecified atom stereocenters. The summed E-state index contributed by atoms with van der Waals surface area (Å²) in [6.45, 7) is 3.39. The van der Waals surface area contributed by atoms with Crippen molar-refractivity contribution >= 4 is 11.6 Å². The Labute approximate surface area is 185 Å². The van der Waals surface area contributed by atoms with Gasteiger partial charge in [0.05, 0.1) is 5.56 Å². The lowest BCUT2D eigenvalue weighted by Gasteiger charge is -2.40. The molecule has 2 aliphatic carbocycles. The number of aromatic nitrogens is 2. The number of hydrogen-bond acceptors (Lipinski definition) is 6. The zero-order chi connectivity index (χ0) is 22.5. The molecule has 2 saturated carbocycles. The maximum atomic E-state index is 12.9. The second kappa shape index (κ2) is 8.19. The van der Waals surface area contributed by atoms with Crippen molar-refractivity contribution in [3.8, 4) is 0 Å². The molecule has 1 aromatic heterocycles. The normalized spacial score (nSPS) is 26.8. The van der Waals surface area contributed by atoms with E-state index >= 15 is 0 Å². The van der Waals surface area contributed by atoms with Crippen molar-refractivity contribution in [3.05, 3.63) is 47.3 Å². The number of halogens is 3. The molecule has 0 spiro atoms. The van der Waals surface area contributed by atoms with Gasteiger partial charge in [-0.1, -0.05) is 18.6 Å². The number of nitrogens with zero attached hydrogens (tertiary/aromatic N) is 4. The molecule has 3 atom stereocenters. The summed E-state index contributed by atoms with van der Waals surface area (Å²) in [6, 6.07) is 5.24. The Bertz CT molecular complexity index is 945. The highest BCUT2D eigenvalue weighted by atomic mass is 19.4. The lowest BCUT2D eigenvalue weighted by atomic mass is 10.0. The summed E-state index contributed by atoms with van der Waals surface area (Å²) in [7, 11) is 0. The molecule has 6 nitrogen and oxygen atoms in total. The number of anilines is 2. The fraction of sp³-hybridized carbons (Fsp3) is 0.565. The first-order valence-corrected chi connectivity index (χ1v) is 11.3. The SMILES string of the molecule is NCC(c1ccc(C(F)(F)F)cc1)N1CCN(c2ncnc(N)c2C2C3CCCC32)CC1. The minimum atomic E-state index is -4.33. The van der Waals surface area contributed by atoms with Crippen LogP contribution in [0.3, 0.4) is 0 Å². The number of nitrogen functional groups attached to an aromatic ring is 1. The summed E-state index contributed by atoms with van der Waals surface area (Å²) >= 11 is 0. The first-order valence-electron chi connectivity index (χ1n) is 11.3. The van der Waals surface area contributed by atoms with E-state index in [2.05, 4.69) is 19.8 Å². The molecule has 32 heavy (non-hydrogen) atoms. The third-order valence-corrected chi connectivity index (χ3v) is 7.53. The maximum Gasteiger partial charge on any atom is 0.416 e. The zero-order valence-corrected chi connectivity index (χ0v) is 17.9. The van der Waals surface area contributed by atoms with Crippen LogP contribution in [0.25, 0.3) is 0 Å². The standard InChI is InChI=1S/C23H29F3N6/c24-23(25,26)15-6-4-14(5-7-15)18(12-27)31-8-10-32(11-9-31)22-20(21(28)29-13-30-22)19-16-2-1-3-17(16)19/h4-7,13,16-19H,1-3,8-12,27H2,(H2,28,29,30). The predicted molar refractivity (Wildman–Crippen MR) is 117 cm³/mol. The van der Waals surface area contributed by atoms with Gasteiger partial charge in [-0.05, 0) is 48.3 Å². The van der Waals surface area contributed by atoms with Crippen molar-refractivity contribution in [2.75, 3.05) is 43.4 Å². The number of piperazine rings is 1. The van der Waals surface area contributed by atoms with Crippen LogP contribution in [0.2, 0.25) is 0 Å².